The monoisotopic (exact) mass is 293 g/mol. The van der Waals surface area contributed by atoms with Crippen molar-refractivity contribution in [1.29, 1.82) is 0 Å². The van der Waals surface area contributed by atoms with Gasteiger partial charge in [-0.1, -0.05) is 0 Å². The van der Waals surface area contributed by atoms with Gasteiger partial charge in [0.15, 0.2) is 0 Å². The van der Waals surface area contributed by atoms with Crippen molar-refractivity contribution in [1.82, 2.24) is 5.32 Å². The number of alkyl halides is 3. The molecule has 0 saturated carbocycles. The Labute approximate surface area is 115 Å². The Bertz CT molecular complexity index is 424. The minimum atomic E-state index is -4.33. The predicted octanol–water partition coefficient (Wildman–Crippen LogP) is 2.54. The number of rotatable bonds is 7. The van der Waals surface area contributed by atoms with Crippen molar-refractivity contribution in [2.45, 2.75) is 12.2 Å². The molecule has 0 fully saturated rings. The highest BCUT2D eigenvalue weighted by Crippen LogP contribution is 2.29. The highest BCUT2D eigenvalue weighted by Gasteiger charge is 2.28. The summed E-state index contributed by atoms with van der Waals surface area (Å²) in [5, 5.41) is 2.90. The zero-order valence-corrected chi connectivity index (χ0v) is 11.6. The number of ether oxygens (including phenoxy) is 3. The summed E-state index contributed by atoms with van der Waals surface area (Å²) in [5.41, 5.74) is 0.706. The second-order valence-corrected chi connectivity index (χ2v) is 4.08. The van der Waals surface area contributed by atoms with Crippen molar-refractivity contribution in [3.05, 3.63) is 23.8 Å². The van der Waals surface area contributed by atoms with Gasteiger partial charge < -0.3 is 19.5 Å². The predicted molar refractivity (Wildman–Crippen MR) is 68.2 cm³/mol. The lowest BCUT2D eigenvalue weighted by atomic mass is 10.1. The summed E-state index contributed by atoms with van der Waals surface area (Å²) in [6.45, 7) is -1.39. The van der Waals surface area contributed by atoms with E-state index in [1.54, 1.807) is 25.2 Å². The van der Waals surface area contributed by atoms with Gasteiger partial charge in [-0.3, -0.25) is 0 Å². The van der Waals surface area contributed by atoms with Crippen LogP contribution < -0.4 is 14.8 Å². The van der Waals surface area contributed by atoms with Gasteiger partial charge in [0, 0.05) is 11.6 Å². The molecule has 0 aromatic heterocycles. The fraction of sp³-hybridized carbons (Fsp3) is 0.538. The molecule has 0 spiro atoms. The number of hydrogen-bond acceptors (Lipinski definition) is 4. The molecule has 1 N–H and O–H groups in total. The number of methoxy groups -OCH3 is 2. The molecule has 7 heteroatoms. The molecule has 0 bridgehead atoms. The quantitative estimate of drug-likeness (QED) is 0.838. The van der Waals surface area contributed by atoms with Crippen LogP contribution in [0, 0.1) is 0 Å². The Balaban J connectivity index is 2.78. The van der Waals surface area contributed by atoms with Crippen LogP contribution in [0.15, 0.2) is 18.2 Å². The molecule has 1 atom stereocenters. The normalized spacial score (nSPS) is 13.1. The maximum Gasteiger partial charge on any atom is 0.411 e. The van der Waals surface area contributed by atoms with E-state index in [2.05, 4.69) is 10.1 Å². The fourth-order valence-electron chi connectivity index (χ4n) is 1.73. The van der Waals surface area contributed by atoms with Crippen LogP contribution in [0.4, 0.5) is 13.2 Å². The summed E-state index contributed by atoms with van der Waals surface area (Å²) in [5.74, 6) is 1.14. The number of likely N-dealkylation sites (N-methyl/N-ethyl adjacent to an activating group) is 1. The molecule has 0 aliphatic carbocycles. The minimum absolute atomic E-state index is 0.112. The van der Waals surface area contributed by atoms with Crippen molar-refractivity contribution in [3.63, 3.8) is 0 Å². The van der Waals surface area contributed by atoms with Gasteiger partial charge in [-0.25, -0.2) is 0 Å². The van der Waals surface area contributed by atoms with Gasteiger partial charge in [0.1, 0.15) is 18.1 Å². The van der Waals surface area contributed by atoms with E-state index < -0.39 is 18.8 Å². The van der Waals surface area contributed by atoms with Crippen LogP contribution in [0.25, 0.3) is 0 Å². The van der Waals surface area contributed by atoms with Crippen LogP contribution in [-0.4, -0.2) is 40.7 Å². The lowest BCUT2D eigenvalue weighted by molar-refractivity contribution is -0.175. The number of benzene rings is 1. The van der Waals surface area contributed by atoms with Crippen molar-refractivity contribution >= 4 is 0 Å². The fourth-order valence-corrected chi connectivity index (χ4v) is 1.73. The van der Waals surface area contributed by atoms with Crippen LogP contribution in [0.2, 0.25) is 0 Å². The van der Waals surface area contributed by atoms with E-state index in [-0.39, 0.29) is 6.61 Å². The molecule has 1 aromatic rings. The smallest absolute Gasteiger partial charge is 0.411 e. The molecular weight excluding hydrogens is 275 g/mol. The molecule has 0 amide bonds. The van der Waals surface area contributed by atoms with Crippen LogP contribution in [0.3, 0.4) is 0 Å². The first kappa shape index (κ1) is 16.6. The molecule has 1 rings (SSSR count). The molecule has 1 unspecified atom stereocenters. The van der Waals surface area contributed by atoms with Crippen LogP contribution in [0.1, 0.15) is 11.6 Å². The van der Waals surface area contributed by atoms with Crippen LogP contribution in [-0.2, 0) is 4.74 Å². The summed E-state index contributed by atoms with van der Waals surface area (Å²) in [7, 11) is 4.66. The summed E-state index contributed by atoms with van der Waals surface area (Å²) < 4.78 is 51.2. The molecule has 0 aliphatic rings. The zero-order valence-electron chi connectivity index (χ0n) is 11.6. The van der Waals surface area contributed by atoms with Crippen LogP contribution >= 0.6 is 0 Å². The van der Waals surface area contributed by atoms with E-state index in [4.69, 9.17) is 9.47 Å². The van der Waals surface area contributed by atoms with Gasteiger partial charge in [0.2, 0.25) is 0 Å². The van der Waals surface area contributed by atoms with Crippen molar-refractivity contribution < 1.29 is 27.4 Å². The third-order valence-electron chi connectivity index (χ3n) is 2.71. The Morgan fingerprint density at radius 2 is 1.90 bits per heavy atom. The van der Waals surface area contributed by atoms with E-state index in [1.165, 1.54) is 14.2 Å². The lowest BCUT2D eigenvalue weighted by Crippen LogP contribution is -2.26. The highest BCUT2D eigenvalue weighted by atomic mass is 19.4. The molecule has 1 aromatic carbocycles. The number of nitrogens with one attached hydrogen (secondary N) is 1. The SMILES string of the molecule is CNC(COCC(F)(F)F)c1ccc(OC)cc1OC. The molecule has 4 nitrogen and oxygen atoms in total. The first-order valence-corrected chi connectivity index (χ1v) is 5.95. The van der Waals surface area contributed by atoms with E-state index >= 15 is 0 Å². The third kappa shape index (κ3) is 4.90. The van der Waals surface area contributed by atoms with Crippen molar-refractivity contribution in [2.75, 3.05) is 34.5 Å². The minimum Gasteiger partial charge on any atom is -0.497 e. The van der Waals surface area contributed by atoms with E-state index in [0.717, 1.165) is 0 Å². The Morgan fingerprint density at radius 1 is 1.20 bits per heavy atom. The average molecular weight is 293 g/mol. The molecule has 0 aliphatic heterocycles. The Hall–Kier alpha value is -1.47. The average Bonchev–Trinajstić information content (AvgIpc) is 2.42. The maximum atomic E-state index is 12.1. The second-order valence-electron chi connectivity index (χ2n) is 4.08. The van der Waals surface area contributed by atoms with Gasteiger partial charge in [-0.15, -0.1) is 0 Å². The molecule has 0 saturated heterocycles. The largest absolute Gasteiger partial charge is 0.497 e. The van der Waals surface area contributed by atoms with Gasteiger partial charge in [-0.2, -0.15) is 13.2 Å². The van der Waals surface area contributed by atoms with Gasteiger partial charge in [0.25, 0.3) is 0 Å². The molecule has 114 valence electrons. The lowest BCUT2D eigenvalue weighted by Gasteiger charge is -2.20. The first-order valence-electron chi connectivity index (χ1n) is 5.95. The van der Waals surface area contributed by atoms with Gasteiger partial charge in [-0.05, 0) is 19.2 Å². The maximum absolute atomic E-state index is 12.1. The summed E-state index contributed by atoms with van der Waals surface area (Å²) in [6, 6.07) is 4.71. The number of halogens is 3. The van der Waals surface area contributed by atoms with E-state index in [9.17, 15) is 13.2 Å². The van der Waals surface area contributed by atoms with E-state index in [1.807, 2.05) is 0 Å². The highest BCUT2D eigenvalue weighted by molar-refractivity contribution is 5.42. The number of hydrogen-bond donors (Lipinski definition) is 1. The molecule has 20 heavy (non-hydrogen) atoms. The summed E-state index contributed by atoms with van der Waals surface area (Å²) in [6.07, 6.45) is -4.33. The second kappa shape index (κ2) is 7.35. The third-order valence-corrected chi connectivity index (χ3v) is 2.71. The van der Waals surface area contributed by atoms with Gasteiger partial charge >= 0.3 is 6.18 Å². The van der Waals surface area contributed by atoms with Gasteiger partial charge in [0.05, 0.1) is 26.9 Å². The van der Waals surface area contributed by atoms with Crippen LogP contribution in [0.5, 0.6) is 11.5 Å². The van der Waals surface area contributed by atoms with E-state index in [0.29, 0.717) is 17.1 Å². The first-order chi connectivity index (χ1) is 9.41. The van der Waals surface area contributed by atoms with Crippen molar-refractivity contribution in [3.8, 4) is 11.5 Å². The van der Waals surface area contributed by atoms with Crippen molar-refractivity contribution in [2.24, 2.45) is 0 Å². The summed E-state index contributed by atoms with van der Waals surface area (Å²) >= 11 is 0. The molecule has 0 heterocycles. The zero-order chi connectivity index (χ0) is 15.2. The standard InChI is InChI=1S/C13H18F3NO3/c1-17-11(7-20-8-13(14,15)16)10-5-4-9(18-2)6-12(10)19-3/h4-6,11,17H,7-8H2,1-3H3. The Kier molecular flexibility index (Phi) is 6.09. The summed E-state index contributed by atoms with van der Waals surface area (Å²) in [4.78, 5) is 0. The molecular formula is C13H18F3NO3. The molecule has 0 radical (unpaired) electrons. The Morgan fingerprint density at radius 3 is 2.40 bits per heavy atom. The topological polar surface area (TPSA) is 39.7 Å².